The molecule has 0 atom stereocenters. The Labute approximate surface area is 112 Å². The molecule has 0 saturated heterocycles. The first kappa shape index (κ1) is 11.7. The molecule has 0 fully saturated rings. The third-order valence-corrected chi connectivity index (χ3v) is 3.35. The van der Waals surface area contributed by atoms with E-state index in [4.69, 9.17) is 4.74 Å². The summed E-state index contributed by atoms with van der Waals surface area (Å²) in [5.74, 6) is -0.0760. The van der Waals surface area contributed by atoms with Crippen LogP contribution in [0.15, 0.2) is 41.9 Å². The molecule has 0 radical (unpaired) electrons. The predicted octanol–water partition coefficient (Wildman–Crippen LogP) is 2.88. The van der Waals surface area contributed by atoms with Crippen LogP contribution in [-0.4, -0.2) is 14.3 Å². The number of hydrogen-bond donors (Lipinski definition) is 0. The Morgan fingerprint density at radius 2 is 2.16 bits per heavy atom. The summed E-state index contributed by atoms with van der Waals surface area (Å²) in [6.45, 7) is 0.256. The van der Waals surface area contributed by atoms with Crippen LogP contribution in [0.1, 0.15) is 5.56 Å². The van der Waals surface area contributed by atoms with Crippen molar-refractivity contribution in [3.63, 3.8) is 0 Å². The van der Waals surface area contributed by atoms with E-state index in [0.717, 1.165) is 5.56 Å². The summed E-state index contributed by atoms with van der Waals surface area (Å²) in [7, 11) is 0. The second kappa shape index (κ2) is 4.69. The summed E-state index contributed by atoms with van der Waals surface area (Å²) in [5.41, 5.74) is 0.938. The Morgan fingerprint density at radius 1 is 1.37 bits per heavy atom. The van der Waals surface area contributed by atoms with Crippen LogP contribution < -0.4 is 4.74 Å². The molecule has 3 aromatic rings. The van der Waals surface area contributed by atoms with Crippen molar-refractivity contribution in [1.29, 1.82) is 0 Å². The van der Waals surface area contributed by atoms with Crippen LogP contribution in [0.25, 0.3) is 4.96 Å². The van der Waals surface area contributed by atoms with E-state index in [9.17, 15) is 10.1 Å². The Bertz CT molecular complexity index is 720. The van der Waals surface area contributed by atoms with Gasteiger partial charge in [0.2, 0.25) is 0 Å². The Morgan fingerprint density at radius 3 is 2.89 bits per heavy atom. The maximum atomic E-state index is 11.1. The Hall–Kier alpha value is -2.41. The molecule has 0 bridgehead atoms. The molecule has 2 heterocycles. The first-order chi connectivity index (χ1) is 9.25. The van der Waals surface area contributed by atoms with Crippen LogP contribution in [0.2, 0.25) is 0 Å². The maximum absolute atomic E-state index is 11.1. The molecule has 96 valence electrons. The quantitative estimate of drug-likeness (QED) is 0.542. The van der Waals surface area contributed by atoms with Gasteiger partial charge < -0.3 is 14.9 Å². The third-order valence-electron chi connectivity index (χ3n) is 2.60. The van der Waals surface area contributed by atoms with E-state index >= 15 is 0 Å². The first-order valence-electron chi connectivity index (χ1n) is 5.52. The van der Waals surface area contributed by atoms with E-state index in [1.165, 1.54) is 15.7 Å². The summed E-state index contributed by atoms with van der Waals surface area (Å²) in [6.07, 6.45) is 1.61. The molecule has 0 spiro atoms. The average molecular weight is 275 g/mol. The minimum Gasteiger partial charge on any atom is -0.467 e. The molecule has 0 aliphatic rings. The molecular formula is C12H9N3O3S. The fourth-order valence-corrected chi connectivity index (χ4v) is 2.44. The van der Waals surface area contributed by atoms with Crippen LogP contribution >= 0.6 is 11.3 Å². The van der Waals surface area contributed by atoms with E-state index in [1.54, 1.807) is 11.6 Å². The van der Waals surface area contributed by atoms with Gasteiger partial charge in [0.05, 0.1) is 0 Å². The number of rotatable bonds is 4. The molecule has 19 heavy (non-hydrogen) atoms. The summed E-state index contributed by atoms with van der Waals surface area (Å²) in [6, 6.07) is 9.46. The monoisotopic (exact) mass is 275 g/mol. The van der Waals surface area contributed by atoms with E-state index in [2.05, 4.69) is 4.98 Å². The number of hydrogen-bond acceptors (Lipinski definition) is 5. The zero-order valence-corrected chi connectivity index (χ0v) is 10.5. The van der Waals surface area contributed by atoms with Gasteiger partial charge in [-0.1, -0.05) is 41.7 Å². The summed E-state index contributed by atoms with van der Waals surface area (Å²) in [5, 5.41) is 12.8. The topological polar surface area (TPSA) is 69.7 Å². The summed E-state index contributed by atoms with van der Waals surface area (Å²) in [4.78, 5) is 15.3. The van der Waals surface area contributed by atoms with Gasteiger partial charge in [-0.2, -0.15) is 9.38 Å². The van der Waals surface area contributed by atoms with Crippen LogP contribution in [0, 0.1) is 10.1 Å². The fourth-order valence-electron chi connectivity index (χ4n) is 1.74. The van der Waals surface area contributed by atoms with Crippen LogP contribution in [0.4, 0.5) is 5.82 Å². The maximum Gasteiger partial charge on any atom is 0.393 e. The number of nitrogens with zero attached hydrogens (tertiary/aromatic N) is 3. The predicted molar refractivity (Wildman–Crippen MR) is 70.5 cm³/mol. The highest BCUT2D eigenvalue weighted by molar-refractivity contribution is 7.15. The molecule has 0 saturated carbocycles. The molecule has 3 rings (SSSR count). The van der Waals surface area contributed by atoms with E-state index in [1.807, 2.05) is 30.3 Å². The standard InChI is InChI=1S/C12H9N3O3S/c16-15(17)11-10(13-12-14(11)6-7-19-12)18-8-9-4-2-1-3-5-9/h1-7H,8H2. The highest BCUT2D eigenvalue weighted by atomic mass is 32.1. The minimum atomic E-state index is -0.479. The largest absolute Gasteiger partial charge is 0.467 e. The van der Waals surface area contributed by atoms with Crippen molar-refractivity contribution < 1.29 is 9.66 Å². The molecule has 6 nitrogen and oxygen atoms in total. The second-order valence-electron chi connectivity index (χ2n) is 3.83. The van der Waals surface area contributed by atoms with Gasteiger partial charge in [-0.05, 0) is 10.5 Å². The Balaban J connectivity index is 1.90. The lowest BCUT2D eigenvalue weighted by Gasteiger charge is -2.02. The van der Waals surface area contributed by atoms with Crippen molar-refractivity contribution in [2.45, 2.75) is 6.61 Å². The van der Waals surface area contributed by atoms with Crippen molar-refractivity contribution in [1.82, 2.24) is 9.38 Å². The lowest BCUT2D eigenvalue weighted by atomic mass is 10.2. The van der Waals surface area contributed by atoms with E-state index < -0.39 is 4.92 Å². The van der Waals surface area contributed by atoms with E-state index in [0.29, 0.717) is 4.96 Å². The highest BCUT2D eigenvalue weighted by Crippen LogP contribution is 2.30. The lowest BCUT2D eigenvalue weighted by Crippen LogP contribution is -1.99. The number of benzene rings is 1. The van der Waals surface area contributed by atoms with Gasteiger partial charge in [-0.3, -0.25) is 0 Å². The van der Waals surface area contributed by atoms with Gasteiger partial charge in [-0.15, -0.1) is 0 Å². The third kappa shape index (κ3) is 2.15. The van der Waals surface area contributed by atoms with Gasteiger partial charge in [0.1, 0.15) is 12.8 Å². The molecule has 0 N–H and O–H groups in total. The van der Waals surface area contributed by atoms with Crippen LogP contribution in [0.3, 0.4) is 0 Å². The van der Waals surface area contributed by atoms with Crippen molar-refractivity contribution in [2.75, 3.05) is 0 Å². The highest BCUT2D eigenvalue weighted by Gasteiger charge is 2.25. The van der Waals surface area contributed by atoms with E-state index in [-0.39, 0.29) is 18.3 Å². The normalized spacial score (nSPS) is 10.7. The molecular weight excluding hydrogens is 266 g/mol. The number of thiazole rings is 1. The Kier molecular flexibility index (Phi) is 2.88. The van der Waals surface area contributed by atoms with Crippen molar-refractivity contribution >= 4 is 22.1 Å². The van der Waals surface area contributed by atoms with Gasteiger partial charge in [0.25, 0.3) is 4.96 Å². The summed E-state index contributed by atoms with van der Waals surface area (Å²) < 4.78 is 6.88. The number of nitro groups is 1. The van der Waals surface area contributed by atoms with Gasteiger partial charge in [0, 0.05) is 5.38 Å². The van der Waals surface area contributed by atoms with Crippen molar-refractivity contribution in [3.8, 4) is 5.88 Å². The molecule has 0 unspecified atom stereocenters. The minimum absolute atomic E-state index is 0.0562. The molecule has 0 aliphatic carbocycles. The second-order valence-corrected chi connectivity index (χ2v) is 4.70. The van der Waals surface area contributed by atoms with Crippen LogP contribution in [-0.2, 0) is 6.61 Å². The molecule has 2 aromatic heterocycles. The average Bonchev–Trinajstić information content (AvgIpc) is 2.96. The summed E-state index contributed by atoms with van der Waals surface area (Å²) >= 11 is 1.33. The van der Waals surface area contributed by atoms with Gasteiger partial charge in [0.15, 0.2) is 0 Å². The molecule has 0 amide bonds. The smallest absolute Gasteiger partial charge is 0.393 e. The van der Waals surface area contributed by atoms with Gasteiger partial charge in [-0.25, -0.2) is 0 Å². The van der Waals surface area contributed by atoms with Crippen LogP contribution in [0.5, 0.6) is 5.88 Å². The number of imidazole rings is 1. The lowest BCUT2D eigenvalue weighted by molar-refractivity contribution is -0.391. The van der Waals surface area contributed by atoms with Crippen molar-refractivity contribution in [3.05, 3.63) is 57.6 Å². The number of aromatic nitrogens is 2. The molecule has 1 aromatic carbocycles. The number of ether oxygens (including phenoxy) is 1. The zero-order chi connectivity index (χ0) is 13.2. The fraction of sp³-hybridized carbons (Fsp3) is 0.0833. The molecule has 7 heteroatoms. The SMILES string of the molecule is O=[N+]([O-])c1c(OCc2ccccc2)nc2sccn12. The first-order valence-corrected chi connectivity index (χ1v) is 6.40. The van der Waals surface area contributed by atoms with Crippen molar-refractivity contribution in [2.24, 2.45) is 0 Å². The molecule has 0 aliphatic heterocycles. The van der Waals surface area contributed by atoms with Gasteiger partial charge >= 0.3 is 11.7 Å². The number of fused-ring (bicyclic) bond motifs is 1. The zero-order valence-electron chi connectivity index (χ0n) is 9.72.